The Balaban J connectivity index is 1.62. The Morgan fingerprint density at radius 1 is 1.18 bits per heavy atom. The van der Waals surface area contributed by atoms with E-state index in [-0.39, 0.29) is 0 Å². The van der Waals surface area contributed by atoms with Crippen LogP contribution in [0.5, 0.6) is 0 Å². The zero-order valence-electron chi connectivity index (χ0n) is 11.0. The molecule has 2 heterocycles. The molecule has 0 radical (unpaired) electrons. The van der Waals surface area contributed by atoms with Crippen LogP contribution in [0.3, 0.4) is 0 Å². The monoisotopic (exact) mass is 236 g/mol. The Labute approximate surface area is 104 Å². The average Bonchev–Trinajstić information content (AvgIpc) is 2.70. The van der Waals surface area contributed by atoms with Crippen LogP contribution in [0.15, 0.2) is 0 Å². The van der Waals surface area contributed by atoms with Crippen molar-refractivity contribution in [3.05, 3.63) is 0 Å². The lowest BCUT2D eigenvalue weighted by Gasteiger charge is -2.42. The number of ether oxygens (including phenoxy) is 1. The molecular formula is C14H24N2O. The van der Waals surface area contributed by atoms with Crippen molar-refractivity contribution in [2.24, 2.45) is 11.3 Å². The zero-order chi connectivity index (χ0) is 11.7. The Hall–Kier alpha value is -0.120. The molecule has 0 aromatic heterocycles. The Morgan fingerprint density at radius 3 is 2.65 bits per heavy atom. The molecule has 5 atom stereocenters. The summed E-state index contributed by atoms with van der Waals surface area (Å²) in [6.07, 6.45) is 5.22. The summed E-state index contributed by atoms with van der Waals surface area (Å²) in [6.45, 7) is 9.25. The van der Waals surface area contributed by atoms with Crippen LogP contribution < -0.4 is 5.32 Å². The van der Waals surface area contributed by atoms with E-state index in [0.717, 1.165) is 19.0 Å². The van der Waals surface area contributed by atoms with Crippen molar-refractivity contribution in [3.63, 3.8) is 0 Å². The fraction of sp³-hybridized carbons (Fsp3) is 1.00. The number of hydrogen-bond acceptors (Lipinski definition) is 3. The minimum Gasteiger partial charge on any atom is -0.373 e. The molecule has 0 aromatic carbocycles. The second-order valence-corrected chi connectivity index (χ2v) is 6.79. The maximum absolute atomic E-state index is 5.90. The van der Waals surface area contributed by atoms with Gasteiger partial charge in [-0.15, -0.1) is 0 Å². The van der Waals surface area contributed by atoms with Gasteiger partial charge in [-0.25, -0.2) is 0 Å². The van der Waals surface area contributed by atoms with Crippen molar-refractivity contribution in [2.75, 3.05) is 26.2 Å². The number of morpholine rings is 1. The summed E-state index contributed by atoms with van der Waals surface area (Å²) >= 11 is 0. The fourth-order valence-electron chi connectivity index (χ4n) is 5.56. The summed E-state index contributed by atoms with van der Waals surface area (Å²) in [5, 5.41) is 3.67. The van der Waals surface area contributed by atoms with Crippen LogP contribution in [-0.4, -0.2) is 48.8 Å². The molecule has 3 heteroatoms. The van der Waals surface area contributed by atoms with Crippen molar-refractivity contribution in [1.82, 2.24) is 10.2 Å². The summed E-state index contributed by atoms with van der Waals surface area (Å²) < 4.78 is 5.90. The number of rotatable bonds is 1. The molecule has 0 amide bonds. The molecule has 2 saturated heterocycles. The molecular weight excluding hydrogens is 212 g/mol. The minimum atomic E-state index is 0.409. The van der Waals surface area contributed by atoms with E-state index >= 15 is 0 Å². The van der Waals surface area contributed by atoms with Gasteiger partial charge in [0.25, 0.3) is 0 Å². The second kappa shape index (κ2) is 3.25. The first kappa shape index (κ1) is 10.8. The summed E-state index contributed by atoms with van der Waals surface area (Å²) in [5.74, 6) is 0.994. The number of hydrogen-bond donors (Lipinski definition) is 1. The molecule has 0 bridgehead atoms. The molecule has 1 N–H and O–H groups in total. The number of piperidine rings is 1. The van der Waals surface area contributed by atoms with Crippen molar-refractivity contribution < 1.29 is 4.74 Å². The predicted octanol–water partition coefficient (Wildman–Crippen LogP) is 1.24. The van der Waals surface area contributed by atoms with E-state index in [4.69, 9.17) is 4.74 Å². The number of nitrogens with one attached hydrogen (secondary N) is 1. The average molecular weight is 236 g/mol. The molecule has 17 heavy (non-hydrogen) atoms. The quantitative estimate of drug-likeness (QED) is 0.741. The maximum Gasteiger partial charge on any atom is 0.0678 e. The van der Waals surface area contributed by atoms with E-state index in [1.165, 1.54) is 32.4 Å². The highest BCUT2D eigenvalue weighted by molar-refractivity contribution is 5.35. The van der Waals surface area contributed by atoms with Crippen molar-refractivity contribution in [2.45, 2.75) is 50.9 Å². The van der Waals surface area contributed by atoms with E-state index < -0.39 is 0 Å². The third kappa shape index (κ3) is 1.14. The van der Waals surface area contributed by atoms with Gasteiger partial charge >= 0.3 is 0 Å². The molecule has 3 nitrogen and oxygen atoms in total. The summed E-state index contributed by atoms with van der Waals surface area (Å²) in [4.78, 5) is 2.79. The van der Waals surface area contributed by atoms with E-state index in [1.807, 2.05) is 0 Å². The van der Waals surface area contributed by atoms with Crippen LogP contribution in [0, 0.1) is 11.3 Å². The first-order valence-corrected chi connectivity index (χ1v) is 7.30. The topological polar surface area (TPSA) is 24.5 Å². The molecule has 2 aliphatic carbocycles. The molecule has 4 rings (SSSR count). The normalized spacial score (nSPS) is 57.9. The van der Waals surface area contributed by atoms with Gasteiger partial charge in [0.15, 0.2) is 0 Å². The van der Waals surface area contributed by atoms with Crippen LogP contribution in [-0.2, 0) is 4.74 Å². The Bertz CT molecular complexity index is 333. The third-order valence-corrected chi connectivity index (χ3v) is 5.96. The van der Waals surface area contributed by atoms with E-state index in [2.05, 4.69) is 24.1 Å². The predicted molar refractivity (Wildman–Crippen MR) is 67.0 cm³/mol. The van der Waals surface area contributed by atoms with Gasteiger partial charge in [-0.05, 0) is 32.6 Å². The highest BCUT2D eigenvalue weighted by Gasteiger charge is 2.81. The van der Waals surface area contributed by atoms with Gasteiger partial charge in [0.05, 0.1) is 12.2 Å². The summed E-state index contributed by atoms with van der Waals surface area (Å²) in [6, 6.07) is 0. The van der Waals surface area contributed by atoms with Gasteiger partial charge in [-0.1, -0.05) is 6.42 Å². The van der Waals surface area contributed by atoms with Crippen LogP contribution in [0.1, 0.15) is 33.1 Å². The first-order chi connectivity index (χ1) is 8.19. The number of fused-ring (bicyclic) bond motifs is 1. The van der Waals surface area contributed by atoms with Crippen molar-refractivity contribution in [1.29, 1.82) is 0 Å². The van der Waals surface area contributed by atoms with Gasteiger partial charge in [-0.2, -0.15) is 0 Å². The van der Waals surface area contributed by atoms with E-state index in [0.29, 0.717) is 23.2 Å². The smallest absolute Gasteiger partial charge is 0.0678 e. The van der Waals surface area contributed by atoms with Gasteiger partial charge in [0.2, 0.25) is 0 Å². The van der Waals surface area contributed by atoms with E-state index in [1.54, 1.807) is 0 Å². The molecule has 1 spiro atoms. The van der Waals surface area contributed by atoms with Crippen LogP contribution in [0.2, 0.25) is 0 Å². The lowest BCUT2D eigenvalue weighted by Crippen LogP contribution is -2.55. The molecule has 2 saturated carbocycles. The zero-order valence-corrected chi connectivity index (χ0v) is 11.0. The largest absolute Gasteiger partial charge is 0.373 e. The lowest BCUT2D eigenvalue weighted by molar-refractivity contribution is -0.0895. The summed E-state index contributed by atoms with van der Waals surface area (Å²) in [5.41, 5.74) is 1.18. The molecule has 2 aliphatic heterocycles. The van der Waals surface area contributed by atoms with Crippen LogP contribution in [0.25, 0.3) is 0 Å². The number of nitrogens with zero attached hydrogens (tertiary/aromatic N) is 1. The van der Waals surface area contributed by atoms with Gasteiger partial charge in [0, 0.05) is 37.1 Å². The van der Waals surface area contributed by atoms with Gasteiger partial charge in [0.1, 0.15) is 0 Å². The Kier molecular flexibility index (Phi) is 2.06. The van der Waals surface area contributed by atoms with Crippen molar-refractivity contribution in [3.8, 4) is 0 Å². The molecule has 96 valence electrons. The fourth-order valence-corrected chi connectivity index (χ4v) is 5.56. The van der Waals surface area contributed by atoms with E-state index in [9.17, 15) is 0 Å². The summed E-state index contributed by atoms with van der Waals surface area (Å²) in [7, 11) is 0. The van der Waals surface area contributed by atoms with Crippen LogP contribution in [0.4, 0.5) is 0 Å². The molecule has 4 fully saturated rings. The highest BCUT2D eigenvalue weighted by atomic mass is 16.5. The maximum atomic E-state index is 5.90. The third-order valence-electron chi connectivity index (χ3n) is 5.96. The molecule has 0 aromatic rings. The minimum absolute atomic E-state index is 0.409. The second-order valence-electron chi connectivity index (χ2n) is 6.79. The highest BCUT2D eigenvalue weighted by Crippen LogP contribution is 2.75. The molecule has 0 unspecified atom stereocenters. The SMILES string of the molecule is C[C@@H]1CN([C@@]23CNC[C@@]24CCC[C@@H]43)C[C@H](C)O1. The standard InChI is InChI=1S/C14H24N2O/c1-10-6-16(7-11(2)17-10)14-9-15-8-13(14)5-3-4-12(13)14/h10-12,15H,3-9H2,1-2H3/t10-,11+,12-,13+,14+/m0/s1. The lowest BCUT2D eigenvalue weighted by atomic mass is 9.95. The van der Waals surface area contributed by atoms with Crippen molar-refractivity contribution >= 4 is 0 Å². The first-order valence-electron chi connectivity index (χ1n) is 7.30. The Morgan fingerprint density at radius 2 is 1.94 bits per heavy atom. The van der Waals surface area contributed by atoms with Crippen LogP contribution >= 0.6 is 0 Å². The van der Waals surface area contributed by atoms with Gasteiger partial charge < -0.3 is 10.1 Å². The molecule has 4 aliphatic rings. The van der Waals surface area contributed by atoms with Gasteiger partial charge in [-0.3, -0.25) is 4.90 Å².